The number of aryl methyl sites for hydroxylation is 1. The number of nitrogens with zero attached hydrogens (tertiary/aromatic N) is 6. The highest BCUT2D eigenvalue weighted by molar-refractivity contribution is 6.71. The first kappa shape index (κ1) is 31.9. The Morgan fingerprint density at radius 1 is 1.22 bits per heavy atom. The van der Waals surface area contributed by atoms with Crippen LogP contribution in [-0.4, -0.2) is 82.3 Å². The Hall–Kier alpha value is -4.02. The number of nitro groups is 1. The molecule has 2 amide bonds. The van der Waals surface area contributed by atoms with Gasteiger partial charge in [-0.2, -0.15) is 0 Å². The van der Waals surface area contributed by atoms with Gasteiger partial charge in [-0.05, 0) is 43.3 Å². The maximum atomic E-state index is 14.7. The smallest absolute Gasteiger partial charge is 0.269 e. The van der Waals surface area contributed by atoms with Crippen LogP contribution < -0.4 is 15.1 Å². The summed E-state index contributed by atoms with van der Waals surface area (Å²) in [5, 5.41) is 32.5. The molecule has 0 bridgehead atoms. The number of anilines is 2. The lowest BCUT2D eigenvalue weighted by molar-refractivity contribution is -0.385. The summed E-state index contributed by atoms with van der Waals surface area (Å²) >= 11 is 0. The molecule has 0 saturated carbocycles. The first-order valence-electron chi connectivity index (χ1n) is 15.5. The average Bonchev–Trinajstić information content (AvgIpc) is 3.66. The second-order valence-electron chi connectivity index (χ2n) is 12.8. The van der Waals surface area contributed by atoms with Gasteiger partial charge in [0.05, 0.1) is 35.5 Å². The lowest BCUT2D eigenvalue weighted by atomic mass is 9.82. The Morgan fingerprint density at radius 2 is 2.02 bits per heavy atom. The SMILES string of the molecule is C[C@H]1[C@H]([Si](C)(C)O)[C@@H](CCn2cc(CCO)nn2)O[C@]12C(=O)N(Cc1cccc(N3CCNCC3=O)c1)c1ccc([N+](=O)[O-])cc12. The van der Waals surface area contributed by atoms with Crippen molar-refractivity contribution in [1.29, 1.82) is 0 Å². The van der Waals surface area contributed by atoms with Crippen LogP contribution in [0, 0.1) is 16.0 Å². The first-order chi connectivity index (χ1) is 21.9. The molecule has 3 aliphatic heterocycles. The highest BCUT2D eigenvalue weighted by Gasteiger charge is 2.66. The molecule has 244 valence electrons. The molecule has 3 aromatic rings. The maximum absolute atomic E-state index is 14.7. The van der Waals surface area contributed by atoms with Crippen LogP contribution in [0.2, 0.25) is 18.6 Å². The summed E-state index contributed by atoms with van der Waals surface area (Å²) in [5.41, 5.74) is 1.06. The zero-order valence-electron chi connectivity index (χ0n) is 26.1. The number of aliphatic hydroxyl groups is 1. The van der Waals surface area contributed by atoms with E-state index in [2.05, 4.69) is 15.6 Å². The minimum atomic E-state index is -2.96. The molecular weight excluding hydrogens is 610 g/mol. The number of non-ortho nitro benzene ring substituents is 1. The van der Waals surface area contributed by atoms with Gasteiger partial charge in [-0.3, -0.25) is 24.4 Å². The van der Waals surface area contributed by atoms with Gasteiger partial charge in [-0.25, -0.2) is 0 Å². The minimum absolute atomic E-state index is 0.0335. The molecule has 3 N–H and O–H groups in total. The summed E-state index contributed by atoms with van der Waals surface area (Å²) in [7, 11) is -2.96. The van der Waals surface area contributed by atoms with Crippen LogP contribution >= 0.6 is 0 Å². The molecule has 14 nitrogen and oxygen atoms in total. The molecule has 1 aromatic heterocycles. The summed E-state index contributed by atoms with van der Waals surface area (Å²) in [4.78, 5) is 53.6. The van der Waals surface area contributed by atoms with Crippen molar-refractivity contribution in [1.82, 2.24) is 20.3 Å². The highest BCUT2D eigenvalue weighted by atomic mass is 28.4. The van der Waals surface area contributed by atoms with E-state index in [9.17, 15) is 29.6 Å². The van der Waals surface area contributed by atoms with E-state index in [-0.39, 0.29) is 42.7 Å². The fourth-order valence-electron chi connectivity index (χ4n) is 7.43. The molecule has 0 aliphatic carbocycles. The summed E-state index contributed by atoms with van der Waals surface area (Å²) < 4.78 is 8.47. The third kappa shape index (κ3) is 5.62. The number of rotatable bonds is 10. The van der Waals surface area contributed by atoms with Gasteiger partial charge in [0.2, 0.25) is 5.91 Å². The summed E-state index contributed by atoms with van der Waals surface area (Å²) in [6, 6.07) is 11.9. The Bertz CT molecular complexity index is 1660. The molecule has 2 saturated heterocycles. The molecule has 2 fully saturated rings. The summed E-state index contributed by atoms with van der Waals surface area (Å²) in [6.07, 6.45) is 2.02. The highest BCUT2D eigenvalue weighted by Crippen LogP contribution is 2.60. The van der Waals surface area contributed by atoms with E-state index in [1.807, 2.05) is 44.3 Å². The molecule has 0 unspecified atom stereocenters. The molecule has 15 heteroatoms. The quantitative estimate of drug-likeness (QED) is 0.168. The zero-order valence-corrected chi connectivity index (χ0v) is 27.1. The van der Waals surface area contributed by atoms with Crippen LogP contribution in [0.5, 0.6) is 0 Å². The van der Waals surface area contributed by atoms with E-state index in [0.717, 1.165) is 11.3 Å². The number of nitro benzene ring substituents is 1. The van der Waals surface area contributed by atoms with E-state index in [0.29, 0.717) is 49.4 Å². The second-order valence-corrected chi connectivity index (χ2v) is 16.8. The summed E-state index contributed by atoms with van der Waals surface area (Å²) in [5.74, 6) is -0.863. The number of carbonyl (C=O) groups is 2. The van der Waals surface area contributed by atoms with Gasteiger partial charge < -0.3 is 29.8 Å². The number of aliphatic hydroxyl groups excluding tert-OH is 1. The molecule has 1 spiro atoms. The molecule has 4 heterocycles. The predicted octanol–water partition coefficient (Wildman–Crippen LogP) is 2.09. The number of piperazine rings is 1. The van der Waals surface area contributed by atoms with E-state index in [1.165, 1.54) is 12.1 Å². The number of hydrogen-bond acceptors (Lipinski definition) is 10. The molecule has 3 aliphatic rings. The fourth-order valence-corrected chi connectivity index (χ4v) is 10.0. The van der Waals surface area contributed by atoms with Gasteiger partial charge in [0.25, 0.3) is 11.6 Å². The molecule has 6 rings (SSSR count). The largest absolute Gasteiger partial charge is 0.432 e. The lowest BCUT2D eigenvalue weighted by Gasteiger charge is -2.32. The number of nitrogens with one attached hydrogen (secondary N) is 1. The van der Waals surface area contributed by atoms with Crippen LogP contribution in [0.1, 0.15) is 30.2 Å². The number of hydrogen-bond donors (Lipinski definition) is 3. The van der Waals surface area contributed by atoms with Gasteiger partial charge in [0.15, 0.2) is 13.9 Å². The minimum Gasteiger partial charge on any atom is -0.432 e. The number of fused-ring (bicyclic) bond motifs is 2. The zero-order chi connectivity index (χ0) is 32.8. The van der Waals surface area contributed by atoms with Gasteiger partial charge in [-0.15, -0.1) is 5.10 Å². The van der Waals surface area contributed by atoms with Gasteiger partial charge in [0, 0.05) is 73.7 Å². The normalized spacial score (nSPS) is 24.7. The average molecular weight is 650 g/mol. The molecule has 2 aromatic carbocycles. The van der Waals surface area contributed by atoms with E-state index < -0.39 is 30.9 Å². The van der Waals surface area contributed by atoms with Crippen molar-refractivity contribution in [2.75, 3.05) is 36.0 Å². The monoisotopic (exact) mass is 649 g/mol. The number of amides is 2. The summed E-state index contributed by atoms with van der Waals surface area (Å²) in [6.45, 7) is 7.54. The molecule has 46 heavy (non-hydrogen) atoms. The van der Waals surface area contributed by atoms with Crippen LogP contribution in [0.25, 0.3) is 0 Å². The fraction of sp³-hybridized carbons (Fsp3) is 0.484. The number of carbonyl (C=O) groups excluding carboxylic acids is 2. The molecule has 4 atom stereocenters. The first-order valence-corrected chi connectivity index (χ1v) is 18.6. The van der Waals surface area contributed by atoms with E-state index in [4.69, 9.17) is 4.74 Å². The van der Waals surface area contributed by atoms with Gasteiger partial charge in [-0.1, -0.05) is 24.3 Å². The Kier molecular flexibility index (Phi) is 8.54. The van der Waals surface area contributed by atoms with E-state index in [1.54, 1.807) is 26.7 Å². The molecule has 0 radical (unpaired) electrons. The standard InChI is InChI=1S/C31H39N7O7Si/c1-20-29(46(2,3)44)27(9-12-35-19-22(10-14-39)33-34-35)45-31(20)25-16-24(38(42)43)7-8-26(25)37(30(31)41)18-21-5-4-6-23(15-21)36-13-11-32-17-28(36)40/h4-8,15-16,19-20,27,29,32,39,44H,9-14,17-18H2,1-3H3/t20-,27+,29-,31+/m0/s1. The van der Waals surface area contributed by atoms with Crippen LogP contribution in [0.15, 0.2) is 48.7 Å². The van der Waals surface area contributed by atoms with E-state index >= 15 is 0 Å². The van der Waals surface area contributed by atoms with Crippen molar-refractivity contribution in [3.8, 4) is 0 Å². The van der Waals surface area contributed by atoms with Crippen molar-refractivity contribution in [3.63, 3.8) is 0 Å². The van der Waals surface area contributed by atoms with Crippen molar-refractivity contribution in [3.05, 3.63) is 75.6 Å². The second kappa shape index (κ2) is 12.3. The van der Waals surface area contributed by atoms with Gasteiger partial charge >= 0.3 is 0 Å². The van der Waals surface area contributed by atoms with Crippen molar-refractivity contribution in [2.45, 2.75) is 63.2 Å². The molecular formula is C31H39N7O7Si. The Labute approximate surface area is 267 Å². The Morgan fingerprint density at radius 3 is 2.74 bits per heavy atom. The van der Waals surface area contributed by atoms with Crippen molar-refractivity contribution < 1.29 is 29.2 Å². The predicted molar refractivity (Wildman–Crippen MR) is 171 cm³/mol. The van der Waals surface area contributed by atoms with Crippen LogP contribution in [-0.2, 0) is 39.4 Å². The number of benzene rings is 2. The van der Waals surface area contributed by atoms with Crippen molar-refractivity contribution in [2.24, 2.45) is 5.92 Å². The number of aromatic nitrogens is 3. The number of ether oxygens (including phenoxy) is 1. The third-order valence-electron chi connectivity index (χ3n) is 9.43. The lowest BCUT2D eigenvalue weighted by Crippen LogP contribution is -2.48. The van der Waals surface area contributed by atoms with Crippen LogP contribution in [0.3, 0.4) is 0 Å². The van der Waals surface area contributed by atoms with Crippen molar-refractivity contribution >= 4 is 37.2 Å². The third-order valence-corrected chi connectivity index (χ3v) is 11.9. The maximum Gasteiger partial charge on any atom is 0.269 e. The van der Waals surface area contributed by atoms with Gasteiger partial charge in [0.1, 0.15) is 0 Å². The Balaban J connectivity index is 1.36. The topological polar surface area (TPSA) is 176 Å². The van der Waals surface area contributed by atoms with Crippen LogP contribution in [0.4, 0.5) is 17.1 Å².